The van der Waals surface area contributed by atoms with Crippen LogP contribution in [0.25, 0.3) is 0 Å². The van der Waals surface area contributed by atoms with Crippen LogP contribution in [0.2, 0.25) is 0 Å². The molecule has 3 rings (SSSR count). The normalized spacial score (nSPS) is 15.3. The highest BCUT2D eigenvalue weighted by Gasteiger charge is 2.17. The maximum absolute atomic E-state index is 11.7. The van der Waals surface area contributed by atoms with Crippen molar-refractivity contribution in [2.75, 3.05) is 33.4 Å². The van der Waals surface area contributed by atoms with Crippen LogP contribution in [0, 0.1) is 0 Å². The number of thioether (sulfide) groups is 1. The number of hydrogen-bond donors (Lipinski definition) is 1. The number of thiazole rings is 1. The first-order valence-corrected chi connectivity index (χ1v) is 13.2. The van der Waals surface area contributed by atoms with E-state index < -0.39 is 0 Å². The second kappa shape index (κ2) is 13.7. The van der Waals surface area contributed by atoms with Gasteiger partial charge in [-0.25, -0.2) is 4.98 Å². The first kappa shape index (κ1) is 26.5. The first-order valence-electron chi connectivity index (χ1n) is 11.4. The number of aromatic nitrogens is 1. The zero-order valence-corrected chi connectivity index (χ0v) is 21.3. The number of amides is 2. The van der Waals surface area contributed by atoms with Gasteiger partial charge in [-0.05, 0) is 32.0 Å². The van der Waals surface area contributed by atoms with Crippen LogP contribution in [0.4, 0.5) is 0 Å². The second-order valence-corrected chi connectivity index (χ2v) is 10.3. The van der Waals surface area contributed by atoms with Gasteiger partial charge < -0.3 is 4.74 Å². The molecule has 1 atom stereocenters. The van der Waals surface area contributed by atoms with Gasteiger partial charge in [0.25, 0.3) is 0 Å². The summed E-state index contributed by atoms with van der Waals surface area (Å²) in [6.45, 7) is 6.94. The predicted octanol–water partition coefficient (Wildman–Crippen LogP) is 2.95. The number of imide groups is 1. The summed E-state index contributed by atoms with van der Waals surface area (Å²) in [5, 5.41) is 5.41. The Kier molecular flexibility index (Phi) is 10.7. The lowest BCUT2D eigenvalue weighted by Gasteiger charge is -2.26. The summed E-state index contributed by atoms with van der Waals surface area (Å²) in [6.07, 6.45) is 2.21. The van der Waals surface area contributed by atoms with Crippen molar-refractivity contribution in [2.24, 2.45) is 0 Å². The highest BCUT2D eigenvalue weighted by Crippen LogP contribution is 2.30. The number of rotatable bonds is 13. The fourth-order valence-corrected chi connectivity index (χ4v) is 5.61. The van der Waals surface area contributed by atoms with Crippen LogP contribution in [-0.2, 0) is 33.2 Å². The molecule has 1 fully saturated rings. The van der Waals surface area contributed by atoms with E-state index in [1.165, 1.54) is 0 Å². The van der Waals surface area contributed by atoms with Crippen molar-refractivity contribution >= 4 is 41.7 Å². The molecule has 2 heterocycles. The Morgan fingerprint density at radius 1 is 1.35 bits per heavy atom. The summed E-state index contributed by atoms with van der Waals surface area (Å²) in [7, 11) is 1.98. The van der Waals surface area contributed by atoms with Crippen LogP contribution in [0.3, 0.4) is 0 Å². The quantitative estimate of drug-likeness (QED) is 0.329. The number of hydrogen-bond acceptors (Lipinski definition) is 9. The molecule has 2 aromatic rings. The van der Waals surface area contributed by atoms with Crippen molar-refractivity contribution in [3.63, 3.8) is 0 Å². The maximum Gasteiger partial charge on any atom is 0.226 e. The number of carbonyl (C=O) groups is 3. The number of nitrogens with one attached hydrogen (secondary N) is 1. The zero-order chi connectivity index (χ0) is 24.3. The SMILES string of the molecule is CC(CCC(=O)NC=O)N(C)Cc1c(C=O)cccc1SCc1csc(CN2CCOCC2)n1. The highest BCUT2D eigenvalue weighted by molar-refractivity contribution is 7.98. The molecule has 0 aliphatic carbocycles. The third-order valence-electron chi connectivity index (χ3n) is 5.90. The molecule has 34 heavy (non-hydrogen) atoms. The molecule has 2 amide bonds. The number of nitrogens with zero attached hydrogens (tertiary/aromatic N) is 3. The topological polar surface area (TPSA) is 91.8 Å². The van der Waals surface area contributed by atoms with Gasteiger partial charge in [-0.2, -0.15) is 0 Å². The van der Waals surface area contributed by atoms with Crippen LogP contribution >= 0.6 is 23.1 Å². The lowest BCUT2D eigenvalue weighted by Crippen LogP contribution is -2.35. The number of ether oxygens (including phenoxy) is 1. The summed E-state index contributed by atoms with van der Waals surface area (Å²) in [4.78, 5) is 44.1. The molecule has 1 N–H and O–H groups in total. The minimum absolute atomic E-state index is 0.108. The third-order valence-corrected chi connectivity index (χ3v) is 7.92. The van der Waals surface area contributed by atoms with Crippen molar-refractivity contribution in [2.45, 2.75) is 49.5 Å². The van der Waals surface area contributed by atoms with E-state index in [9.17, 15) is 14.4 Å². The van der Waals surface area contributed by atoms with Gasteiger partial charge in [0.2, 0.25) is 12.3 Å². The van der Waals surface area contributed by atoms with Crippen LogP contribution in [0.5, 0.6) is 0 Å². The van der Waals surface area contributed by atoms with E-state index in [4.69, 9.17) is 9.72 Å². The van der Waals surface area contributed by atoms with E-state index in [2.05, 4.69) is 20.5 Å². The van der Waals surface area contributed by atoms with Gasteiger partial charge >= 0.3 is 0 Å². The molecule has 10 heteroatoms. The summed E-state index contributed by atoms with van der Waals surface area (Å²) in [5.74, 6) is 0.455. The van der Waals surface area contributed by atoms with Crippen LogP contribution < -0.4 is 5.32 Å². The van der Waals surface area contributed by atoms with Crippen LogP contribution in [-0.4, -0.2) is 72.8 Å². The van der Waals surface area contributed by atoms with E-state index >= 15 is 0 Å². The minimum atomic E-state index is -0.281. The van der Waals surface area contributed by atoms with Crippen molar-refractivity contribution < 1.29 is 19.1 Å². The Bertz CT molecular complexity index is 962. The molecule has 0 bridgehead atoms. The highest BCUT2D eigenvalue weighted by atomic mass is 32.2. The van der Waals surface area contributed by atoms with E-state index in [0.29, 0.717) is 24.9 Å². The molecule has 0 saturated carbocycles. The molecular formula is C24H32N4O4S2. The van der Waals surface area contributed by atoms with Crippen molar-refractivity contribution in [3.05, 3.63) is 45.4 Å². The first-order chi connectivity index (χ1) is 16.5. The number of aldehydes is 1. The van der Waals surface area contributed by atoms with Crippen LogP contribution in [0.1, 0.15) is 46.4 Å². The Balaban J connectivity index is 1.60. The molecule has 1 saturated heterocycles. The molecule has 184 valence electrons. The average molecular weight is 505 g/mol. The summed E-state index contributed by atoms with van der Waals surface area (Å²) < 4.78 is 5.42. The van der Waals surface area contributed by atoms with Crippen molar-refractivity contribution in [1.82, 2.24) is 20.1 Å². The standard InChI is InChI=1S/C24H32N4O4S2/c1-18(6-7-23(31)25-17-30)27(2)12-21-19(14-29)4-3-5-22(21)33-15-20-16-34-24(26-20)13-28-8-10-32-11-9-28/h3-5,14,16-18H,6-13,15H2,1-2H3,(H,25,30,31). The largest absolute Gasteiger partial charge is 0.379 e. The lowest BCUT2D eigenvalue weighted by atomic mass is 10.1. The zero-order valence-electron chi connectivity index (χ0n) is 19.7. The fraction of sp³-hybridized carbons (Fsp3) is 0.500. The molecule has 0 spiro atoms. The molecule has 0 radical (unpaired) electrons. The molecule has 1 unspecified atom stereocenters. The molecule has 1 aromatic carbocycles. The molecule has 8 nitrogen and oxygen atoms in total. The van der Waals surface area contributed by atoms with Gasteiger partial charge in [0.1, 0.15) is 11.3 Å². The summed E-state index contributed by atoms with van der Waals surface area (Å²) >= 11 is 3.38. The van der Waals surface area contributed by atoms with Crippen molar-refractivity contribution in [3.8, 4) is 0 Å². The van der Waals surface area contributed by atoms with E-state index in [-0.39, 0.29) is 18.4 Å². The third kappa shape index (κ3) is 7.99. The minimum Gasteiger partial charge on any atom is -0.379 e. The second-order valence-electron chi connectivity index (χ2n) is 8.34. The maximum atomic E-state index is 11.7. The Morgan fingerprint density at radius 2 is 2.15 bits per heavy atom. The van der Waals surface area contributed by atoms with Gasteiger partial charge in [-0.1, -0.05) is 12.1 Å². The number of carbonyl (C=O) groups excluding carboxylic acids is 3. The molecular weight excluding hydrogens is 472 g/mol. The number of morpholine rings is 1. The molecule has 1 aliphatic heterocycles. The molecule has 1 aromatic heterocycles. The molecule has 1 aliphatic rings. The van der Waals surface area contributed by atoms with E-state index in [1.54, 1.807) is 23.1 Å². The lowest BCUT2D eigenvalue weighted by molar-refractivity contribution is -0.125. The monoisotopic (exact) mass is 504 g/mol. The van der Waals surface area contributed by atoms with Gasteiger partial charge in [0.05, 0.1) is 25.5 Å². The summed E-state index contributed by atoms with van der Waals surface area (Å²) in [6, 6.07) is 5.90. The van der Waals surface area contributed by atoms with Crippen molar-refractivity contribution in [1.29, 1.82) is 0 Å². The van der Waals surface area contributed by atoms with Crippen LogP contribution in [0.15, 0.2) is 28.5 Å². The average Bonchev–Trinajstić information content (AvgIpc) is 3.29. The van der Waals surface area contributed by atoms with E-state index in [0.717, 1.165) is 66.0 Å². The predicted molar refractivity (Wildman–Crippen MR) is 134 cm³/mol. The van der Waals surface area contributed by atoms with Gasteiger partial charge in [-0.15, -0.1) is 23.1 Å². The Morgan fingerprint density at radius 3 is 2.88 bits per heavy atom. The van der Waals surface area contributed by atoms with Gasteiger partial charge in [0, 0.05) is 53.7 Å². The Hall–Kier alpha value is -2.11. The summed E-state index contributed by atoms with van der Waals surface area (Å²) in [5.41, 5.74) is 2.70. The van der Waals surface area contributed by atoms with E-state index in [1.807, 2.05) is 32.2 Å². The Labute approximate surface area is 209 Å². The smallest absolute Gasteiger partial charge is 0.226 e. The fourth-order valence-electron chi connectivity index (χ4n) is 3.69. The van der Waals surface area contributed by atoms with Gasteiger partial charge in [0.15, 0.2) is 0 Å². The van der Waals surface area contributed by atoms with Gasteiger partial charge in [-0.3, -0.25) is 29.5 Å². The number of benzene rings is 1.